The highest BCUT2D eigenvalue weighted by Gasteiger charge is 2.16. The summed E-state index contributed by atoms with van der Waals surface area (Å²) < 4.78 is 0. The van der Waals surface area contributed by atoms with Crippen molar-refractivity contribution in [1.82, 2.24) is 5.32 Å². The molecule has 0 aliphatic carbocycles. The molecule has 118 valence electrons. The summed E-state index contributed by atoms with van der Waals surface area (Å²) in [6.07, 6.45) is 0. The number of nitrogens with zero attached hydrogens (tertiary/aromatic N) is 1. The molecular weight excluding hydrogens is 310 g/mol. The lowest BCUT2D eigenvalue weighted by Crippen LogP contribution is -2.39. The second-order valence-electron chi connectivity index (χ2n) is 5.35. The minimum atomic E-state index is -0.394. The number of amides is 1. The molecule has 1 amide bonds. The quantitative estimate of drug-likeness (QED) is 0.875. The number of hydrogen-bond donors (Lipinski definition) is 2. The lowest BCUT2D eigenvalue weighted by Gasteiger charge is -2.20. The molecule has 0 bridgehead atoms. The Bertz CT molecular complexity index is 739. The van der Waals surface area contributed by atoms with E-state index in [1.165, 1.54) is 0 Å². The second kappa shape index (κ2) is 7.77. The summed E-state index contributed by atoms with van der Waals surface area (Å²) >= 11 is 5.99. The van der Waals surface area contributed by atoms with E-state index in [9.17, 15) is 4.79 Å². The van der Waals surface area contributed by atoms with E-state index >= 15 is 0 Å². The van der Waals surface area contributed by atoms with Crippen molar-refractivity contribution in [3.8, 4) is 6.07 Å². The van der Waals surface area contributed by atoms with E-state index in [2.05, 4.69) is 10.6 Å². The first-order valence-electron chi connectivity index (χ1n) is 7.32. The van der Waals surface area contributed by atoms with Crippen LogP contribution in [0, 0.1) is 11.3 Å². The monoisotopic (exact) mass is 327 g/mol. The molecule has 0 heterocycles. The average molecular weight is 328 g/mol. The maximum absolute atomic E-state index is 12.3. The van der Waals surface area contributed by atoms with Crippen molar-refractivity contribution < 1.29 is 4.79 Å². The van der Waals surface area contributed by atoms with Crippen LogP contribution in [0.4, 0.5) is 5.69 Å². The normalized spacial score (nSPS) is 13.0. The average Bonchev–Trinajstić information content (AvgIpc) is 2.54. The zero-order valence-corrected chi connectivity index (χ0v) is 13.8. The van der Waals surface area contributed by atoms with Crippen molar-refractivity contribution in [1.29, 1.82) is 5.26 Å². The van der Waals surface area contributed by atoms with Crippen LogP contribution in [0.3, 0.4) is 0 Å². The number of rotatable bonds is 5. The molecule has 0 fully saturated rings. The van der Waals surface area contributed by atoms with Crippen molar-refractivity contribution >= 4 is 23.2 Å². The molecule has 5 heteroatoms. The number of benzene rings is 2. The van der Waals surface area contributed by atoms with Crippen molar-refractivity contribution in [3.05, 3.63) is 64.7 Å². The molecule has 2 aromatic carbocycles. The van der Waals surface area contributed by atoms with Gasteiger partial charge in [-0.1, -0.05) is 29.8 Å². The Morgan fingerprint density at radius 3 is 2.61 bits per heavy atom. The third-order valence-electron chi connectivity index (χ3n) is 3.50. The van der Waals surface area contributed by atoms with Crippen LogP contribution in [0.1, 0.15) is 31.0 Å². The van der Waals surface area contributed by atoms with E-state index < -0.39 is 6.04 Å². The second-order valence-corrected chi connectivity index (χ2v) is 5.78. The van der Waals surface area contributed by atoms with Gasteiger partial charge in [-0.05, 0) is 49.7 Å². The van der Waals surface area contributed by atoms with E-state index in [1.54, 1.807) is 31.2 Å². The molecule has 4 nitrogen and oxygen atoms in total. The molecule has 0 radical (unpaired) electrons. The first-order chi connectivity index (χ1) is 11.0. The third kappa shape index (κ3) is 4.82. The standard InChI is InChI=1S/C18H18ClN3O/c1-12(15-6-4-7-16(19)10-15)21-13(2)18(23)22-17-8-3-5-14(9-17)11-20/h3-10,12-13,21H,1-2H3,(H,22,23)/t12-,13+/m0/s1. The Balaban J connectivity index is 1.98. The highest BCUT2D eigenvalue weighted by atomic mass is 35.5. The smallest absolute Gasteiger partial charge is 0.241 e. The summed E-state index contributed by atoms with van der Waals surface area (Å²) in [5, 5.41) is 15.6. The fraction of sp³-hybridized carbons (Fsp3) is 0.222. The molecule has 2 rings (SSSR count). The van der Waals surface area contributed by atoms with Crippen LogP contribution in [0.25, 0.3) is 0 Å². The minimum Gasteiger partial charge on any atom is -0.325 e. The molecule has 2 atom stereocenters. The number of nitriles is 1. The fourth-order valence-electron chi connectivity index (χ4n) is 2.24. The number of hydrogen-bond acceptors (Lipinski definition) is 3. The van der Waals surface area contributed by atoms with Crippen LogP contribution < -0.4 is 10.6 Å². The van der Waals surface area contributed by atoms with Crippen LogP contribution in [0.15, 0.2) is 48.5 Å². The summed E-state index contributed by atoms with van der Waals surface area (Å²) in [6.45, 7) is 3.77. The largest absolute Gasteiger partial charge is 0.325 e. The van der Waals surface area contributed by atoms with Gasteiger partial charge in [-0.25, -0.2) is 0 Å². The molecule has 0 saturated heterocycles. The Morgan fingerprint density at radius 1 is 1.17 bits per heavy atom. The van der Waals surface area contributed by atoms with Crippen LogP contribution in [-0.2, 0) is 4.79 Å². The summed E-state index contributed by atoms with van der Waals surface area (Å²) in [5.41, 5.74) is 2.14. The minimum absolute atomic E-state index is 0.0140. The molecule has 23 heavy (non-hydrogen) atoms. The van der Waals surface area contributed by atoms with Gasteiger partial charge in [0.2, 0.25) is 5.91 Å². The van der Waals surface area contributed by atoms with E-state index in [0.29, 0.717) is 16.3 Å². The predicted molar refractivity (Wildman–Crippen MR) is 92.3 cm³/mol. The number of carbonyl (C=O) groups excluding carboxylic acids is 1. The van der Waals surface area contributed by atoms with Gasteiger partial charge in [-0.3, -0.25) is 10.1 Å². The number of carbonyl (C=O) groups is 1. The Morgan fingerprint density at radius 2 is 1.91 bits per heavy atom. The van der Waals surface area contributed by atoms with Crippen LogP contribution >= 0.6 is 11.6 Å². The summed E-state index contributed by atoms with van der Waals surface area (Å²) in [6, 6.07) is 16.0. The molecule has 0 aromatic heterocycles. The maximum atomic E-state index is 12.3. The van der Waals surface area contributed by atoms with E-state index in [4.69, 9.17) is 16.9 Å². The van der Waals surface area contributed by atoms with E-state index in [-0.39, 0.29) is 11.9 Å². The summed E-state index contributed by atoms with van der Waals surface area (Å²) in [4.78, 5) is 12.3. The van der Waals surface area contributed by atoms with Gasteiger partial charge in [-0.2, -0.15) is 5.26 Å². The Hall–Kier alpha value is -2.35. The zero-order chi connectivity index (χ0) is 16.8. The maximum Gasteiger partial charge on any atom is 0.241 e. The summed E-state index contributed by atoms with van der Waals surface area (Å²) in [7, 11) is 0. The SMILES string of the molecule is C[C@H](N[C@H](C)C(=O)Nc1cccc(C#N)c1)c1cccc(Cl)c1. The molecule has 2 N–H and O–H groups in total. The molecule has 0 spiro atoms. The first kappa shape index (κ1) is 17.0. The van der Waals surface area contributed by atoms with Gasteiger partial charge in [0.05, 0.1) is 17.7 Å². The topological polar surface area (TPSA) is 64.9 Å². The van der Waals surface area contributed by atoms with Crippen LogP contribution in [0.5, 0.6) is 0 Å². The van der Waals surface area contributed by atoms with Gasteiger partial charge in [0, 0.05) is 16.8 Å². The van der Waals surface area contributed by atoms with Gasteiger partial charge < -0.3 is 5.32 Å². The van der Waals surface area contributed by atoms with Gasteiger partial charge in [0.1, 0.15) is 0 Å². The fourth-order valence-corrected chi connectivity index (χ4v) is 2.44. The van der Waals surface area contributed by atoms with Crippen molar-refractivity contribution in [2.24, 2.45) is 0 Å². The van der Waals surface area contributed by atoms with Crippen LogP contribution in [-0.4, -0.2) is 11.9 Å². The van der Waals surface area contributed by atoms with Crippen molar-refractivity contribution in [3.63, 3.8) is 0 Å². The molecule has 2 aromatic rings. The van der Waals surface area contributed by atoms with Gasteiger partial charge in [-0.15, -0.1) is 0 Å². The number of anilines is 1. The van der Waals surface area contributed by atoms with Gasteiger partial charge in [0.25, 0.3) is 0 Å². The highest BCUT2D eigenvalue weighted by Crippen LogP contribution is 2.18. The lowest BCUT2D eigenvalue weighted by molar-refractivity contribution is -0.117. The zero-order valence-electron chi connectivity index (χ0n) is 13.0. The molecule has 0 aliphatic rings. The third-order valence-corrected chi connectivity index (χ3v) is 3.74. The predicted octanol–water partition coefficient (Wildman–Crippen LogP) is 3.89. The number of halogens is 1. The molecule has 0 saturated carbocycles. The molecule has 0 unspecified atom stereocenters. The first-order valence-corrected chi connectivity index (χ1v) is 7.70. The van der Waals surface area contributed by atoms with Gasteiger partial charge >= 0.3 is 0 Å². The van der Waals surface area contributed by atoms with Crippen molar-refractivity contribution in [2.45, 2.75) is 25.9 Å². The molecular formula is C18H18ClN3O. The Kier molecular flexibility index (Phi) is 5.75. The lowest BCUT2D eigenvalue weighted by atomic mass is 10.1. The Labute approximate surface area is 141 Å². The highest BCUT2D eigenvalue weighted by molar-refractivity contribution is 6.30. The van der Waals surface area contributed by atoms with Crippen LogP contribution in [0.2, 0.25) is 5.02 Å². The number of nitrogens with one attached hydrogen (secondary N) is 2. The molecule has 0 aliphatic heterocycles. The van der Waals surface area contributed by atoms with Gasteiger partial charge in [0.15, 0.2) is 0 Å². The van der Waals surface area contributed by atoms with E-state index in [1.807, 2.05) is 37.3 Å². The summed E-state index contributed by atoms with van der Waals surface area (Å²) in [5.74, 6) is -0.158. The van der Waals surface area contributed by atoms with E-state index in [0.717, 1.165) is 5.56 Å². The van der Waals surface area contributed by atoms with Crippen molar-refractivity contribution in [2.75, 3.05) is 5.32 Å².